The van der Waals surface area contributed by atoms with Crippen LogP contribution in [0, 0.1) is 5.92 Å². The van der Waals surface area contributed by atoms with Crippen LogP contribution in [0.25, 0.3) is 11.2 Å². The lowest BCUT2D eigenvalue weighted by Crippen LogP contribution is -2.52. The first-order valence-corrected chi connectivity index (χ1v) is 8.43. The molecule has 1 N–H and O–H groups in total. The van der Waals surface area contributed by atoms with E-state index in [9.17, 15) is 4.79 Å². The lowest BCUT2D eigenvalue weighted by atomic mass is 9.99. The second kappa shape index (κ2) is 6.58. The van der Waals surface area contributed by atoms with Crippen molar-refractivity contribution in [2.75, 3.05) is 30.4 Å². The number of aryl methyl sites for hydroxylation is 1. The summed E-state index contributed by atoms with van der Waals surface area (Å²) < 4.78 is 6.85. The predicted molar refractivity (Wildman–Crippen MR) is 96.1 cm³/mol. The van der Waals surface area contributed by atoms with Crippen LogP contribution in [0.5, 0.6) is 5.75 Å². The molecule has 1 aliphatic rings. The lowest BCUT2D eigenvalue weighted by molar-refractivity contribution is -0.120. The van der Waals surface area contributed by atoms with Crippen molar-refractivity contribution in [1.29, 1.82) is 0 Å². The van der Waals surface area contributed by atoms with Crippen LogP contribution < -0.4 is 15.0 Å². The average molecular weight is 353 g/mol. The normalized spacial score (nSPS) is 14.3. The van der Waals surface area contributed by atoms with Crippen molar-refractivity contribution in [3.8, 4) is 5.75 Å². The van der Waals surface area contributed by atoms with E-state index in [0.29, 0.717) is 30.8 Å². The minimum atomic E-state index is -0.0941. The molecule has 0 atom stereocenters. The maximum atomic E-state index is 12.4. The number of amides is 1. The van der Waals surface area contributed by atoms with Gasteiger partial charge in [0, 0.05) is 25.3 Å². The molecule has 1 saturated heterocycles. The number of rotatable bonds is 5. The minimum Gasteiger partial charge on any atom is -0.497 e. The van der Waals surface area contributed by atoms with E-state index in [-0.39, 0.29) is 11.8 Å². The number of methoxy groups -OCH3 is 1. The van der Waals surface area contributed by atoms with Gasteiger partial charge in [0.2, 0.25) is 5.91 Å². The van der Waals surface area contributed by atoms with Gasteiger partial charge in [-0.1, -0.05) is 5.21 Å². The first-order valence-electron chi connectivity index (χ1n) is 8.43. The van der Waals surface area contributed by atoms with Gasteiger partial charge >= 0.3 is 0 Å². The molecule has 0 spiro atoms. The molecule has 2 aromatic heterocycles. The molecule has 0 radical (unpaired) electrons. The fourth-order valence-electron chi connectivity index (χ4n) is 2.96. The molecule has 134 valence electrons. The van der Waals surface area contributed by atoms with Crippen LogP contribution in [0.4, 0.5) is 11.5 Å². The molecule has 0 saturated carbocycles. The standard InChI is InChI=1S/C17H19N7O2/c1-3-24-16-14(21-22-24)15(18-10-19-16)23-8-11(9-23)17(25)20-12-4-6-13(26-2)7-5-12/h4-7,10-11H,3,8-9H2,1-2H3,(H,20,25). The van der Waals surface area contributed by atoms with Crippen molar-refractivity contribution >= 4 is 28.6 Å². The van der Waals surface area contributed by atoms with Gasteiger partial charge in [-0.3, -0.25) is 4.79 Å². The fourth-order valence-corrected chi connectivity index (χ4v) is 2.96. The second-order valence-corrected chi connectivity index (χ2v) is 6.09. The molecule has 26 heavy (non-hydrogen) atoms. The number of carbonyl (C=O) groups excluding carboxylic acids is 1. The molecule has 1 aromatic carbocycles. The van der Waals surface area contributed by atoms with Gasteiger partial charge in [0.05, 0.1) is 13.0 Å². The Morgan fingerprint density at radius 2 is 2.04 bits per heavy atom. The third-order valence-electron chi connectivity index (χ3n) is 4.49. The molecule has 3 heterocycles. The van der Waals surface area contributed by atoms with Crippen molar-refractivity contribution in [3.63, 3.8) is 0 Å². The van der Waals surface area contributed by atoms with E-state index in [2.05, 4.69) is 25.6 Å². The number of hydrogen-bond acceptors (Lipinski definition) is 7. The van der Waals surface area contributed by atoms with E-state index >= 15 is 0 Å². The summed E-state index contributed by atoms with van der Waals surface area (Å²) in [6, 6.07) is 7.28. The van der Waals surface area contributed by atoms with Gasteiger partial charge in [0.25, 0.3) is 0 Å². The summed E-state index contributed by atoms with van der Waals surface area (Å²) in [7, 11) is 1.61. The molecule has 1 fully saturated rings. The number of nitrogens with one attached hydrogen (secondary N) is 1. The number of anilines is 2. The maximum absolute atomic E-state index is 12.4. The first kappa shape index (κ1) is 16.2. The fraction of sp³-hybridized carbons (Fsp3) is 0.353. The van der Waals surface area contributed by atoms with Crippen molar-refractivity contribution in [3.05, 3.63) is 30.6 Å². The van der Waals surface area contributed by atoms with Crippen LogP contribution in [0.15, 0.2) is 30.6 Å². The highest BCUT2D eigenvalue weighted by atomic mass is 16.5. The molecule has 0 unspecified atom stereocenters. The van der Waals surface area contributed by atoms with Gasteiger partial charge in [-0.15, -0.1) is 5.10 Å². The summed E-state index contributed by atoms with van der Waals surface area (Å²) in [5.41, 5.74) is 2.14. The Balaban J connectivity index is 1.42. The number of aromatic nitrogens is 5. The second-order valence-electron chi connectivity index (χ2n) is 6.09. The van der Waals surface area contributed by atoms with Gasteiger partial charge in [-0.25, -0.2) is 14.6 Å². The van der Waals surface area contributed by atoms with E-state index in [1.807, 2.05) is 36.1 Å². The Bertz CT molecular complexity index is 932. The molecule has 9 heteroatoms. The first-order chi connectivity index (χ1) is 12.7. The van der Waals surface area contributed by atoms with Crippen molar-refractivity contribution in [1.82, 2.24) is 25.0 Å². The molecule has 4 rings (SSSR count). The van der Waals surface area contributed by atoms with Gasteiger partial charge < -0.3 is 15.0 Å². The van der Waals surface area contributed by atoms with Gasteiger partial charge in [-0.2, -0.15) is 0 Å². The van der Waals surface area contributed by atoms with E-state index in [0.717, 1.165) is 17.3 Å². The predicted octanol–water partition coefficient (Wildman–Crippen LogP) is 1.32. The number of carbonyl (C=O) groups is 1. The zero-order valence-electron chi connectivity index (χ0n) is 14.6. The molecule has 0 bridgehead atoms. The summed E-state index contributed by atoms with van der Waals surface area (Å²) >= 11 is 0. The Morgan fingerprint density at radius 3 is 2.73 bits per heavy atom. The highest BCUT2D eigenvalue weighted by molar-refractivity contribution is 5.95. The topological polar surface area (TPSA) is 98.1 Å². The number of hydrogen-bond donors (Lipinski definition) is 1. The zero-order valence-corrected chi connectivity index (χ0v) is 14.6. The monoisotopic (exact) mass is 353 g/mol. The van der Waals surface area contributed by atoms with Crippen LogP contribution in [-0.2, 0) is 11.3 Å². The molecular formula is C17H19N7O2. The lowest BCUT2D eigenvalue weighted by Gasteiger charge is -2.38. The highest BCUT2D eigenvalue weighted by Crippen LogP contribution is 2.28. The van der Waals surface area contributed by atoms with E-state index < -0.39 is 0 Å². The number of ether oxygens (including phenoxy) is 1. The van der Waals surface area contributed by atoms with Crippen LogP contribution in [0.1, 0.15) is 6.92 Å². The van der Waals surface area contributed by atoms with Crippen LogP contribution >= 0.6 is 0 Å². The Labute approximate surface area is 150 Å². The largest absolute Gasteiger partial charge is 0.497 e. The Hall–Kier alpha value is -3.23. The van der Waals surface area contributed by atoms with Gasteiger partial charge in [0.15, 0.2) is 17.0 Å². The summed E-state index contributed by atoms with van der Waals surface area (Å²) in [6.45, 7) is 3.86. The number of nitrogens with zero attached hydrogens (tertiary/aromatic N) is 6. The van der Waals surface area contributed by atoms with Crippen LogP contribution in [0.3, 0.4) is 0 Å². The number of benzene rings is 1. The quantitative estimate of drug-likeness (QED) is 0.739. The summed E-state index contributed by atoms with van der Waals surface area (Å²) in [5.74, 6) is 1.38. The Kier molecular flexibility index (Phi) is 4.11. The molecule has 1 amide bonds. The number of fused-ring (bicyclic) bond motifs is 1. The van der Waals surface area contributed by atoms with Crippen LogP contribution in [-0.4, -0.2) is 51.1 Å². The molecule has 1 aliphatic heterocycles. The van der Waals surface area contributed by atoms with Crippen molar-refractivity contribution in [2.45, 2.75) is 13.5 Å². The molecule has 9 nitrogen and oxygen atoms in total. The Morgan fingerprint density at radius 1 is 1.27 bits per heavy atom. The van der Waals surface area contributed by atoms with Gasteiger partial charge in [0.1, 0.15) is 12.1 Å². The van der Waals surface area contributed by atoms with E-state index in [4.69, 9.17) is 4.74 Å². The SMILES string of the molecule is CCn1nnc2c(N3CC(C(=O)Nc4ccc(OC)cc4)C3)ncnc21. The van der Waals surface area contributed by atoms with Crippen LogP contribution in [0.2, 0.25) is 0 Å². The summed E-state index contributed by atoms with van der Waals surface area (Å²) in [6.07, 6.45) is 1.51. The molecule has 3 aromatic rings. The highest BCUT2D eigenvalue weighted by Gasteiger charge is 2.35. The van der Waals surface area contributed by atoms with E-state index in [1.165, 1.54) is 6.33 Å². The summed E-state index contributed by atoms with van der Waals surface area (Å²) in [4.78, 5) is 23.0. The zero-order chi connectivity index (χ0) is 18.1. The van der Waals surface area contributed by atoms with Gasteiger partial charge in [-0.05, 0) is 31.2 Å². The third-order valence-corrected chi connectivity index (χ3v) is 4.49. The summed E-state index contributed by atoms with van der Waals surface area (Å²) in [5, 5.41) is 11.2. The molecule has 0 aliphatic carbocycles. The average Bonchev–Trinajstić information content (AvgIpc) is 3.05. The smallest absolute Gasteiger partial charge is 0.231 e. The van der Waals surface area contributed by atoms with Crippen molar-refractivity contribution < 1.29 is 9.53 Å². The molecular weight excluding hydrogens is 334 g/mol. The maximum Gasteiger partial charge on any atom is 0.231 e. The minimum absolute atomic E-state index is 0.00562. The van der Waals surface area contributed by atoms with Crippen molar-refractivity contribution in [2.24, 2.45) is 5.92 Å². The van der Waals surface area contributed by atoms with E-state index in [1.54, 1.807) is 11.8 Å². The third kappa shape index (κ3) is 2.81.